The number of carbonyl (C=O) groups is 1. The second-order valence-corrected chi connectivity index (χ2v) is 5.28. The Kier molecular flexibility index (Phi) is 6.66. The van der Waals surface area contributed by atoms with Crippen LogP contribution < -0.4 is 10.6 Å². The van der Waals surface area contributed by atoms with Gasteiger partial charge in [0.25, 0.3) is 5.91 Å². The Morgan fingerprint density at radius 2 is 2.05 bits per heavy atom. The van der Waals surface area contributed by atoms with Gasteiger partial charge in [-0.15, -0.1) is 0 Å². The third-order valence-corrected chi connectivity index (χ3v) is 3.62. The van der Waals surface area contributed by atoms with Crippen molar-refractivity contribution in [1.82, 2.24) is 10.6 Å². The molecule has 0 aliphatic carbocycles. The number of aliphatic hydroxyl groups is 1. The molecule has 0 spiro atoms. The molecule has 5 heteroatoms. The van der Waals surface area contributed by atoms with E-state index in [1.54, 1.807) is 24.3 Å². The van der Waals surface area contributed by atoms with Crippen LogP contribution in [0.25, 0.3) is 0 Å². The summed E-state index contributed by atoms with van der Waals surface area (Å²) in [5.74, 6) is -0.358. The molecule has 1 aliphatic heterocycles. The smallest absolute Gasteiger partial charge is 0.253 e. The summed E-state index contributed by atoms with van der Waals surface area (Å²) in [6.45, 7) is 3.20. The summed E-state index contributed by atoms with van der Waals surface area (Å²) in [4.78, 5) is 11.8. The van der Waals surface area contributed by atoms with Crippen LogP contribution in [-0.4, -0.2) is 43.4 Å². The predicted molar refractivity (Wildman–Crippen MR) is 80.9 cm³/mol. The number of hydrogen-bond acceptors (Lipinski definition) is 4. The van der Waals surface area contributed by atoms with Gasteiger partial charge < -0.3 is 20.5 Å². The van der Waals surface area contributed by atoms with Gasteiger partial charge in [0, 0.05) is 13.2 Å². The molecule has 0 saturated carbocycles. The Morgan fingerprint density at radius 3 is 2.76 bits per heavy atom. The first-order valence-electron chi connectivity index (χ1n) is 7.60. The molecular formula is C16H24N2O3. The molecule has 1 aliphatic rings. The third-order valence-electron chi connectivity index (χ3n) is 3.62. The molecular weight excluding hydrogens is 268 g/mol. The summed E-state index contributed by atoms with van der Waals surface area (Å²) in [6.07, 6.45) is 2.11. The second-order valence-electron chi connectivity index (χ2n) is 5.28. The van der Waals surface area contributed by atoms with Gasteiger partial charge in [-0.05, 0) is 37.9 Å². The summed E-state index contributed by atoms with van der Waals surface area (Å²) in [6, 6.07) is 8.94. The lowest BCUT2D eigenvalue weighted by Crippen LogP contribution is -2.33. The van der Waals surface area contributed by atoms with Crippen molar-refractivity contribution < 1.29 is 14.6 Å². The average Bonchev–Trinajstić information content (AvgIpc) is 2.55. The molecule has 0 radical (unpaired) electrons. The maximum atomic E-state index is 11.8. The van der Waals surface area contributed by atoms with E-state index in [2.05, 4.69) is 10.6 Å². The molecule has 21 heavy (non-hydrogen) atoms. The Labute approximate surface area is 125 Å². The normalized spacial score (nSPS) is 17.4. The molecule has 3 N–H and O–H groups in total. The van der Waals surface area contributed by atoms with Gasteiger partial charge in [0.2, 0.25) is 0 Å². The fourth-order valence-electron chi connectivity index (χ4n) is 2.38. The van der Waals surface area contributed by atoms with Crippen molar-refractivity contribution in [3.05, 3.63) is 35.9 Å². The Balaban J connectivity index is 1.58. The zero-order valence-electron chi connectivity index (χ0n) is 12.3. The highest BCUT2D eigenvalue weighted by Gasteiger charge is 2.16. The molecule has 1 heterocycles. The first-order valence-corrected chi connectivity index (χ1v) is 7.60. The lowest BCUT2D eigenvalue weighted by Gasteiger charge is -2.22. The summed E-state index contributed by atoms with van der Waals surface area (Å²) in [5, 5.41) is 15.9. The Morgan fingerprint density at radius 1 is 1.33 bits per heavy atom. The zero-order chi connectivity index (χ0) is 14.9. The number of carbonyl (C=O) groups excluding carboxylic acids is 1. The molecule has 1 amide bonds. The molecule has 116 valence electrons. The molecule has 1 unspecified atom stereocenters. The van der Waals surface area contributed by atoms with E-state index in [0.717, 1.165) is 32.4 Å². The molecule has 1 aromatic carbocycles. The van der Waals surface area contributed by atoms with E-state index in [9.17, 15) is 9.90 Å². The molecule has 1 aromatic rings. The first kappa shape index (κ1) is 15.9. The van der Waals surface area contributed by atoms with Crippen LogP contribution in [0.2, 0.25) is 0 Å². The van der Waals surface area contributed by atoms with E-state index < -0.39 is 6.10 Å². The third kappa shape index (κ3) is 5.46. The number of amides is 1. The SMILES string of the molecule is O=C(NCCCOC1CCNCC1)C(O)c1ccccc1. The van der Waals surface area contributed by atoms with Crippen molar-refractivity contribution in [1.29, 1.82) is 0 Å². The van der Waals surface area contributed by atoms with Crippen LogP contribution >= 0.6 is 0 Å². The zero-order valence-corrected chi connectivity index (χ0v) is 12.3. The number of ether oxygens (including phenoxy) is 1. The molecule has 1 atom stereocenters. The van der Waals surface area contributed by atoms with Crippen LogP contribution in [0, 0.1) is 0 Å². The van der Waals surface area contributed by atoms with Crippen molar-refractivity contribution in [2.45, 2.75) is 31.5 Å². The van der Waals surface area contributed by atoms with Crippen LogP contribution in [0.1, 0.15) is 30.9 Å². The number of piperidine rings is 1. The van der Waals surface area contributed by atoms with Crippen LogP contribution in [0.5, 0.6) is 0 Å². The minimum Gasteiger partial charge on any atom is -0.378 e. The monoisotopic (exact) mass is 292 g/mol. The van der Waals surface area contributed by atoms with E-state index in [-0.39, 0.29) is 5.91 Å². The van der Waals surface area contributed by atoms with Crippen molar-refractivity contribution in [2.75, 3.05) is 26.2 Å². The van der Waals surface area contributed by atoms with Crippen molar-refractivity contribution >= 4 is 5.91 Å². The summed E-state index contributed by atoms with van der Waals surface area (Å²) < 4.78 is 5.76. The van der Waals surface area contributed by atoms with Gasteiger partial charge in [-0.2, -0.15) is 0 Å². The average molecular weight is 292 g/mol. The lowest BCUT2D eigenvalue weighted by molar-refractivity contribution is -0.129. The number of benzene rings is 1. The number of aliphatic hydroxyl groups excluding tert-OH is 1. The topological polar surface area (TPSA) is 70.6 Å². The van der Waals surface area contributed by atoms with Gasteiger partial charge in [-0.25, -0.2) is 0 Å². The quantitative estimate of drug-likeness (QED) is 0.656. The molecule has 0 bridgehead atoms. The second kappa shape index (κ2) is 8.77. The van der Waals surface area contributed by atoms with E-state index >= 15 is 0 Å². The molecule has 1 fully saturated rings. The van der Waals surface area contributed by atoms with Gasteiger partial charge in [0.15, 0.2) is 6.10 Å². The van der Waals surface area contributed by atoms with Crippen LogP contribution in [0.3, 0.4) is 0 Å². The highest BCUT2D eigenvalue weighted by atomic mass is 16.5. The molecule has 5 nitrogen and oxygen atoms in total. The fraction of sp³-hybridized carbons (Fsp3) is 0.562. The number of rotatable bonds is 7. The van der Waals surface area contributed by atoms with E-state index in [4.69, 9.17) is 4.74 Å². The van der Waals surface area contributed by atoms with Crippen molar-refractivity contribution in [3.8, 4) is 0 Å². The molecule has 0 aromatic heterocycles. The van der Waals surface area contributed by atoms with Crippen LogP contribution in [-0.2, 0) is 9.53 Å². The van der Waals surface area contributed by atoms with Crippen molar-refractivity contribution in [3.63, 3.8) is 0 Å². The minimum atomic E-state index is -1.10. The Hall–Kier alpha value is -1.43. The van der Waals surface area contributed by atoms with E-state index in [1.807, 2.05) is 6.07 Å². The summed E-state index contributed by atoms with van der Waals surface area (Å²) in [5.41, 5.74) is 0.612. The van der Waals surface area contributed by atoms with Crippen LogP contribution in [0.4, 0.5) is 0 Å². The lowest BCUT2D eigenvalue weighted by atomic mass is 10.1. The highest BCUT2D eigenvalue weighted by Crippen LogP contribution is 2.11. The van der Waals surface area contributed by atoms with Crippen molar-refractivity contribution in [2.24, 2.45) is 0 Å². The first-order chi connectivity index (χ1) is 10.3. The van der Waals surface area contributed by atoms with Gasteiger partial charge in [-0.1, -0.05) is 30.3 Å². The number of nitrogens with one attached hydrogen (secondary N) is 2. The standard InChI is InChI=1S/C16H24N2O3/c19-15(13-5-2-1-3-6-13)16(20)18-9-4-12-21-14-7-10-17-11-8-14/h1-3,5-6,14-15,17,19H,4,7-12H2,(H,18,20). The van der Waals surface area contributed by atoms with E-state index in [1.165, 1.54) is 0 Å². The maximum absolute atomic E-state index is 11.8. The van der Waals surface area contributed by atoms with Gasteiger partial charge in [0.1, 0.15) is 0 Å². The maximum Gasteiger partial charge on any atom is 0.253 e. The largest absolute Gasteiger partial charge is 0.378 e. The summed E-state index contributed by atoms with van der Waals surface area (Å²) >= 11 is 0. The molecule has 1 saturated heterocycles. The summed E-state index contributed by atoms with van der Waals surface area (Å²) in [7, 11) is 0. The predicted octanol–water partition coefficient (Wildman–Crippen LogP) is 0.995. The van der Waals surface area contributed by atoms with Crippen LogP contribution in [0.15, 0.2) is 30.3 Å². The minimum absolute atomic E-state index is 0.344. The fourth-order valence-corrected chi connectivity index (χ4v) is 2.38. The Bertz CT molecular complexity index is 419. The van der Waals surface area contributed by atoms with E-state index in [0.29, 0.717) is 24.8 Å². The van der Waals surface area contributed by atoms with Gasteiger partial charge in [-0.3, -0.25) is 4.79 Å². The van der Waals surface area contributed by atoms with Gasteiger partial charge in [0.05, 0.1) is 6.10 Å². The molecule has 2 rings (SSSR count). The number of hydrogen-bond donors (Lipinski definition) is 3. The van der Waals surface area contributed by atoms with Gasteiger partial charge >= 0.3 is 0 Å². The highest BCUT2D eigenvalue weighted by molar-refractivity contribution is 5.81.